The monoisotopic (exact) mass is 408 g/mol. The molecule has 8 heteroatoms. The first-order valence-electron chi connectivity index (χ1n) is 10.7. The van der Waals surface area contributed by atoms with Crippen LogP contribution < -0.4 is 5.32 Å². The van der Waals surface area contributed by atoms with Crippen LogP contribution in [-0.2, 0) is 11.3 Å². The highest BCUT2D eigenvalue weighted by atomic mass is 16.2. The Labute approximate surface area is 176 Å². The van der Waals surface area contributed by atoms with Crippen LogP contribution in [0.15, 0.2) is 42.7 Å². The summed E-state index contributed by atoms with van der Waals surface area (Å²) in [6.07, 6.45) is 7.12. The van der Waals surface area contributed by atoms with E-state index in [1.807, 2.05) is 23.1 Å². The average Bonchev–Trinajstić information content (AvgIpc) is 2.83. The van der Waals surface area contributed by atoms with Crippen LogP contribution in [0.25, 0.3) is 0 Å². The van der Waals surface area contributed by atoms with E-state index in [0.717, 1.165) is 44.5 Å². The first kappa shape index (κ1) is 20.4. The molecule has 2 aromatic heterocycles. The second-order valence-corrected chi connectivity index (χ2v) is 8.01. The molecule has 2 saturated heterocycles. The molecule has 0 saturated carbocycles. The van der Waals surface area contributed by atoms with Gasteiger partial charge in [-0.05, 0) is 56.5 Å². The Balaban J connectivity index is 1.26. The number of pyridine rings is 1. The van der Waals surface area contributed by atoms with Gasteiger partial charge in [-0.15, -0.1) is 5.10 Å². The molecule has 2 aliphatic heterocycles. The normalized spacial score (nSPS) is 20.7. The number of amides is 2. The van der Waals surface area contributed by atoms with E-state index < -0.39 is 0 Å². The minimum atomic E-state index is -0.0491. The Morgan fingerprint density at radius 2 is 1.90 bits per heavy atom. The summed E-state index contributed by atoms with van der Waals surface area (Å²) in [5.41, 5.74) is 1.28. The summed E-state index contributed by atoms with van der Waals surface area (Å²) in [5.74, 6) is 0.0781. The van der Waals surface area contributed by atoms with Crippen LogP contribution in [0.5, 0.6) is 0 Å². The topological polar surface area (TPSA) is 91.3 Å². The molecule has 4 rings (SSSR count). The van der Waals surface area contributed by atoms with Crippen LogP contribution in [0.1, 0.15) is 41.9 Å². The molecule has 0 unspecified atom stereocenters. The van der Waals surface area contributed by atoms with Gasteiger partial charge < -0.3 is 10.2 Å². The van der Waals surface area contributed by atoms with Crippen molar-refractivity contribution >= 4 is 11.8 Å². The number of hydrogen-bond acceptors (Lipinski definition) is 6. The van der Waals surface area contributed by atoms with Gasteiger partial charge >= 0.3 is 0 Å². The van der Waals surface area contributed by atoms with Gasteiger partial charge in [0.15, 0.2) is 5.69 Å². The van der Waals surface area contributed by atoms with Crippen LogP contribution in [0.3, 0.4) is 0 Å². The van der Waals surface area contributed by atoms with E-state index in [2.05, 4.69) is 25.4 Å². The molecule has 4 heterocycles. The summed E-state index contributed by atoms with van der Waals surface area (Å²) < 4.78 is 0. The highest BCUT2D eigenvalue weighted by Gasteiger charge is 2.32. The lowest BCUT2D eigenvalue weighted by Crippen LogP contribution is -2.51. The number of carbonyl (C=O) groups is 2. The lowest BCUT2D eigenvalue weighted by atomic mass is 9.93. The lowest BCUT2D eigenvalue weighted by Gasteiger charge is -2.42. The van der Waals surface area contributed by atoms with Crippen molar-refractivity contribution in [1.82, 2.24) is 30.3 Å². The molecule has 158 valence electrons. The number of carbonyl (C=O) groups excluding carboxylic acids is 2. The zero-order valence-corrected chi connectivity index (χ0v) is 17.1. The van der Waals surface area contributed by atoms with Gasteiger partial charge in [0, 0.05) is 38.1 Å². The van der Waals surface area contributed by atoms with Crippen molar-refractivity contribution in [1.29, 1.82) is 0 Å². The van der Waals surface area contributed by atoms with Crippen LogP contribution in [-0.4, -0.2) is 69.0 Å². The summed E-state index contributed by atoms with van der Waals surface area (Å²) >= 11 is 0. The molecule has 1 N–H and O–H groups in total. The van der Waals surface area contributed by atoms with Gasteiger partial charge in [-0.3, -0.25) is 19.5 Å². The molecule has 2 aromatic rings. The molecule has 0 spiro atoms. The molecule has 0 aromatic carbocycles. The second-order valence-electron chi connectivity index (χ2n) is 8.01. The fourth-order valence-corrected chi connectivity index (χ4v) is 4.39. The van der Waals surface area contributed by atoms with Gasteiger partial charge in [-0.25, -0.2) is 0 Å². The molecule has 0 bridgehead atoms. The van der Waals surface area contributed by atoms with Crippen molar-refractivity contribution in [3.63, 3.8) is 0 Å². The van der Waals surface area contributed by atoms with E-state index in [1.165, 1.54) is 0 Å². The third-order valence-corrected chi connectivity index (χ3v) is 6.05. The maximum atomic E-state index is 12.7. The number of nitrogens with one attached hydrogen (secondary N) is 1. The van der Waals surface area contributed by atoms with Gasteiger partial charge in [-0.1, -0.05) is 6.07 Å². The van der Waals surface area contributed by atoms with E-state index in [1.54, 1.807) is 24.5 Å². The Hall–Kier alpha value is -2.87. The average molecular weight is 409 g/mol. The molecular weight excluding hydrogens is 380 g/mol. The Morgan fingerprint density at radius 1 is 1.03 bits per heavy atom. The maximum Gasteiger partial charge on any atom is 0.274 e. The first-order valence-corrected chi connectivity index (χ1v) is 10.7. The number of rotatable bonds is 5. The molecule has 0 radical (unpaired) electrons. The number of hydrogen-bond donors (Lipinski definition) is 1. The Morgan fingerprint density at radius 3 is 2.63 bits per heavy atom. The first-order chi connectivity index (χ1) is 14.7. The fourth-order valence-electron chi connectivity index (χ4n) is 4.39. The largest absolute Gasteiger partial charge is 0.350 e. The molecule has 0 aliphatic carbocycles. The number of piperidine rings is 2. The summed E-state index contributed by atoms with van der Waals surface area (Å²) in [4.78, 5) is 33.8. The summed E-state index contributed by atoms with van der Waals surface area (Å²) in [7, 11) is 0. The van der Waals surface area contributed by atoms with E-state index in [4.69, 9.17) is 0 Å². The Kier molecular flexibility index (Phi) is 6.63. The summed E-state index contributed by atoms with van der Waals surface area (Å²) in [6.45, 7) is 3.71. The van der Waals surface area contributed by atoms with Crippen molar-refractivity contribution in [2.24, 2.45) is 5.92 Å². The van der Waals surface area contributed by atoms with Crippen molar-refractivity contribution in [2.45, 2.75) is 38.3 Å². The zero-order chi connectivity index (χ0) is 20.8. The van der Waals surface area contributed by atoms with Crippen LogP contribution in [0, 0.1) is 5.92 Å². The standard InChI is InChI=1S/C22H28N6O2/c29-21(24-15-18-6-1-2-10-23-18)17-5-4-12-28(16-17)19-8-13-27(14-9-19)22(30)20-7-3-11-25-26-20/h1-3,6-7,10-11,17,19H,4-5,8-9,12-16H2,(H,24,29)/t17-/m1/s1. The van der Waals surface area contributed by atoms with Gasteiger partial charge in [0.25, 0.3) is 5.91 Å². The summed E-state index contributed by atoms with van der Waals surface area (Å²) in [5, 5.41) is 10.8. The highest BCUT2D eigenvalue weighted by molar-refractivity contribution is 5.92. The molecule has 2 amide bonds. The zero-order valence-electron chi connectivity index (χ0n) is 17.1. The second kappa shape index (κ2) is 9.75. The molecule has 1 atom stereocenters. The van der Waals surface area contributed by atoms with Gasteiger partial charge in [0.1, 0.15) is 0 Å². The highest BCUT2D eigenvalue weighted by Crippen LogP contribution is 2.24. The number of nitrogens with zero attached hydrogens (tertiary/aromatic N) is 5. The Bertz CT molecular complexity index is 839. The molecule has 2 fully saturated rings. The third kappa shape index (κ3) is 4.99. The molecule has 8 nitrogen and oxygen atoms in total. The van der Waals surface area contributed by atoms with Crippen LogP contribution in [0.2, 0.25) is 0 Å². The number of aromatic nitrogens is 3. The van der Waals surface area contributed by atoms with Gasteiger partial charge in [-0.2, -0.15) is 5.10 Å². The van der Waals surface area contributed by atoms with Crippen molar-refractivity contribution < 1.29 is 9.59 Å². The number of likely N-dealkylation sites (tertiary alicyclic amines) is 2. The smallest absolute Gasteiger partial charge is 0.274 e. The predicted octanol–water partition coefficient (Wildman–Crippen LogP) is 1.50. The van der Waals surface area contributed by atoms with Crippen molar-refractivity contribution in [2.75, 3.05) is 26.2 Å². The van der Waals surface area contributed by atoms with Crippen LogP contribution in [0.4, 0.5) is 0 Å². The van der Waals surface area contributed by atoms with Crippen molar-refractivity contribution in [3.8, 4) is 0 Å². The lowest BCUT2D eigenvalue weighted by molar-refractivity contribution is -0.127. The van der Waals surface area contributed by atoms with E-state index in [-0.39, 0.29) is 17.7 Å². The molecular formula is C22H28N6O2. The van der Waals surface area contributed by atoms with Crippen molar-refractivity contribution in [3.05, 3.63) is 54.1 Å². The van der Waals surface area contributed by atoms with E-state index in [9.17, 15) is 9.59 Å². The minimum Gasteiger partial charge on any atom is -0.350 e. The maximum absolute atomic E-state index is 12.7. The minimum absolute atomic E-state index is 0.0155. The van der Waals surface area contributed by atoms with Gasteiger partial charge in [0.2, 0.25) is 5.91 Å². The third-order valence-electron chi connectivity index (χ3n) is 6.05. The van der Waals surface area contributed by atoms with E-state index >= 15 is 0 Å². The van der Waals surface area contributed by atoms with Gasteiger partial charge in [0.05, 0.1) is 18.2 Å². The predicted molar refractivity (Wildman–Crippen MR) is 111 cm³/mol. The summed E-state index contributed by atoms with van der Waals surface area (Å²) in [6, 6.07) is 9.58. The molecule has 30 heavy (non-hydrogen) atoms. The SMILES string of the molecule is O=C(NCc1ccccn1)[C@@H]1CCCN(C2CCN(C(=O)c3cccnn3)CC2)C1. The fraction of sp³-hybridized carbons (Fsp3) is 0.500. The molecule has 2 aliphatic rings. The van der Waals surface area contributed by atoms with Crippen LogP contribution >= 0.6 is 0 Å². The quantitative estimate of drug-likeness (QED) is 0.806. The van der Waals surface area contributed by atoms with E-state index in [0.29, 0.717) is 31.4 Å².